The second kappa shape index (κ2) is 6.87. The number of benzene rings is 1. The van der Waals surface area contributed by atoms with Crippen molar-refractivity contribution in [1.82, 2.24) is 14.7 Å². The lowest BCUT2D eigenvalue weighted by Crippen LogP contribution is -2.32. The molecule has 0 saturated carbocycles. The third-order valence-electron chi connectivity index (χ3n) is 5.00. The van der Waals surface area contributed by atoms with Crippen LogP contribution in [0, 0.1) is 19.8 Å². The first-order chi connectivity index (χ1) is 13.0. The molecule has 1 atom stereocenters. The minimum Gasteiger partial charge on any atom is -0.350 e. The van der Waals surface area contributed by atoms with Gasteiger partial charge in [-0.15, -0.1) is 0 Å². The van der Waals surface area contributed by atoms with Crippen LogP contribution < -0.4 is 10.2 Å². The number of amides is 2. The molecule has 6 heteroatoms. The van der Waals surface area contributed by atoms with E-state index in [9.17, 15) is 9.59 Å². The molecule has 3 aromatic rings. The number of pyridine rings is 1. The van der Waals surface area contributed by atoms with Crippen molar-refractivity contribution in [3.8, 4) is 0 Å². The molecule has 4 rings (SSSR count). The summed E-state index contributed by atoms with van der Waals surface area (Å²) in [5, 5.41) is 2.99. The zero-order chi connectivity index (χ0) is 19.0. The molecule has 2 aromatic heterocycles. The van der Waals surface area contributed by atoms with Crippen LogP contribution >= 0.6 is 0 Å². The number of aryl methyl sites for hydroxylation is 2. The van der Waals surface area contributed by atoms with Crippen LogP contribution in [-0.2, 0) is 4.79 Å². The predicted octanol–water partition coefficient (Wildman–Crippen LogP) is 2.73. The van der Waals surface area contributed by atoms with Crippen LogP contribution in [0.5, 0.6) is 0 Å². The number of fused-ring (bicyclic) bond motifs is 1. The normalized spacial score (nSPS) is 16.9. The van der Waals surface area contributed by atoms with E-state index in [4.69, 9.17) is 0 Å². The molecule has 1 saturated heterocycles. The van der Waals surface area contributed by atoms with Crippen LogP contribution in [0.25, 0.3) is 5.65 Å². The number of anilines is 1. The van der Waals surface area contributed by atoms with E-state index in [1.807, 2.05) is 66.9 Å². The van der Waals surface area contributed by atoms with Gasteiger partial charge in [0.1, 0.15) is 11.3 Å². The first kappa shape index (κ1) is 17.3. The Hall–Kier alpha value is -3.15. The molecule has 1 N–H and O–H groups in total. The van der Waals surface area contributed by atoms with Gasteiger partial charge in [0.15, 0.2) is 0 Å². The van der Waals surface area contributed by atoms with E-state index < -0.39 is 0 Å². The molecule has 27 heavy (non-hydrogen) atoms. The van der Waals surface area contributed by atoms with Crippen molar-refractivity contribution < 1.29 is 9.59 Å². The Morgan fingerprint density at radius 2 is 2.00 bits per heavy atom. The van der Waals surface area contributed by atoms with Gasteiger partial charge >= 0.3 is 0 Å². The Labute approximate surface area is 157 Å². The minimum absolute atomic E-state index is 0.0990. The summed E-state index contributed by atoms with van der Waals surface area (Å²) in [4.78, 5) is 31.3. The SMILES string of the molecule is Cc1ccn2c(C(=O)NC[C@@H]3CC(=O)N(c4ccccc4)C3)c(C)nc2c1. The van der Waals surface area contributed by atoms with Crippen molar-refractivity contribution in [1.29, 1.82) is 0 Å². The van der Waals surface area contributed by atoms with Gasteiger partial charge in [-0.2, -0.15) is 0 Å². The number of carbonyl (C=O) groups is 2. The van der Waals surface area contributed by atoms with E-state index in [0.717, 1.165) is 16.9 Å². The van der Waals surface area contributed by atoms with Gasteiger partial charge < -0.3 is 10.2 Å². The fourth-order valence-corrected chi connectivity index (χ4v) is 3.63. The summed E-state index contributed by atoms with van der Waals surface area (Å²) in [7, 11) is 0. The van der Waals surface area contributed by atoms with E-state index in [2.05, 4.69) is 10.3 Å². The third kappa shape index (κ3) is 3.30. The molecular weight excluding hydrogens is 340 g/mol. The fourth-order valence-electron chi connectivity index (χ4n) is 3.63. The van der Waals surface area contributed by atoms with Gasteiger partial charge in [0.25, 0.3) is 5.91 Å². The minimum atomic E-state index is -0.158. The monoisotopic (exact) mass is 362 g/mol. The number of hydrogen-bond acceptors (Lipinski definition) is 3. The quantitative estimate of drug-likeness (QED) is 0.776. The zero-order valence-electron chi connectivity index (χ0n) is 15.5. The van der Waals surface area contributed by atoms with Crippen LogP contribution in [0.15, 0.2) is 48.7 Å². The number of para-hydroxylation sites is 1. The Bertz CT molecular complexity index is 1010. The van der Waals surface area contributed by atoms with Crippen LogP contribution in [0.1, 0.15) is 28.2 Å². The fraction of sp³-hybridized carbons (Fsp3) is 0.286. The maximum Gasteiger partial charge on any atom is 0.270 e. The van der Waals surface area contributed by atoms with Crippen molar-refractivity contribution in [2.24, 2.45) is 5.92 Å². The average Bonchev–Trinajstić information content (AvgIpc) is 3.19. The van der Waals surface area contributed by atoms with Gasteiger partial charge in [0, 0.05) is 37.3 Å². The first-order valence-electron chi connectivity index (χ1n) is 9.12. The highest BCUT2D eigenvalue weighted by atomic mass is 16.2. The Morgan fingerprint density at radius 1 is 1.22 bits per heavy atom. The van der Waals surface area contributed by atoms with E-state index in [1.54, 1.807) is 4.90 Å². The summed E-state index contributed by atoms with van der Waals surface area (Å²) in [6, 6.07) is 13.6. The molecule has 2 amide bonds. The zero-order valence-corrected chi connectivity index (χ0v) is 15.5. The van der Waals surface area contributed by atoms with Crippen LogP contribution in [-0.4, -0.2) is 34.3 Å². The molecular formula is C21H22N4O2. The van der Waals surface area contributed by atoms with E-state index in [1.165, 1.54) is 0 Å². The molecule has 0 radical (unpaired) electrons. The number of nitrogens with one attached hydrogen (secondary N) is 1. The highest BCUT2D eigenvalue weighted by Crippen LogP contribution is 2.24. The summed E-state index contributed by atoms with van der Waals surface area (Å²) < 4.78 is 1.81. The van der Waals surface area contributed by atoms with Crippen LogP contribution in [0.4, 0.5) is 5.69 Å². The summed E-state index contributed by atoms with van der Waals surface area (Å²) in [6.45, 7) is 4.92. The Kier molecular flexibility index (Phi) is 4.39. The van der Waals surface area contributed by atoms with Gasteiger partial charge in [0.05, 0.1) is 5.69 Å². The molecule has 1 fully saturated rings. The molecule has 0 bridgehead atoms. The largest absolute Gasteiger partial charge is 0.350 e. The highest BCUT2D eigenvalue weighted by Gasteiger charge is 2.31. The predicted molar refractivity (Wildman–Crippen MR) is 104 cm³/mol. The topological polar surface area (TPSA) is 66.7 Å². The Balaban J connectivity index is 1.45. The molecule has 6 nitrogen and oxygen atoms in total. The van der Waals surface area contributed by atoms with Crippen molar-refractivity contribution >= 4 is 23.1 Å². The maximum absolute atomic E-state index is 12.7. The lowest BCUT2D eigenvalue weighted by molar-refractivity contribution is -0.117. The molecule has 0 unspecified atom stereocenters. The van der Waals surface area contributed by atoms with Gasteiger partial charge in [-0.1, -0.05) is 18.2 Å². The smallest absolute Gasteiger partial charge is 0.270 e. The van der Waals surface area contributed by atoms with Crippen molar-refractivity contribution in [3.05, 3.63) is 65.6 Å². The van der Waals surface area contributed by atoms with E-state index in [0.29, 0.717) is 30.9 Å². The molecule has 138 valence electrons. The summed E-state index contributed by atoms with van der Waals surface area (Å²) >= 11 is 0. The lowest BCUT2D eigenvalue weighted by atomic mass is 10.1. The number of imidazole rings is 1. The van der Waals surface area contributed by atoms with Crippen molar-refractivity contribution in [2.45, 2.75) is 20.3 Å². The van der Waals surface area contributed by atoms with E-state index >= 15 is 0 Å². The maximum atomic E-state index is 12.7. The Morgan fingerprint density at radius 3 is 2.78 bits per heavy atom. The molecule has 0 spiro atoms. The number of aromatic nitrogens is 2. The third-order valence-corrected chi connectivity index (χ3v) is 5.00. The standard InChI is InChI=1S/C21H22N4O2/c1-14-8-9-24-18(10-14)23-15(2)20(24)21(27)22-12-16-11-19(26)25(13-16)17-6-4-3-5-7-17/h3-10,16H,11-13H2,1-2H3,(H,22,27)/t16-/m0/s1. The highest BCUT2D eigenvalue weighted by molar-refractivity contribution is 5.96. The van der Waals surface area contributed by atoms with E-state index in [-0.39, 0.29) is 17.7 Å². The number of nitrogens with zero attached hydrogens (tertiary/aromatic N) is 3. The van der Waals surface area contributed by atoms with Gasteiger partial charge in [0.2, 0.25) is 5.91 Å². The first-order valence-corrected chi connectivity index (χ1v) is 9.12. The summed E-state index contributed by atoms with van der Waals surface area (Å²) in [5.74, 6) is 0.0414. The lowest BCUT2D eigenvalue weighted by Gasteiger charge is -2.16. The molecule has 3 heterocycles. The number of rotatable bonds is 4. The molecule has 0 aliphatic carbocycles. The number of hydrogen-bond donors (Lipinski definition) is 1. The number of carbonyl (C=O) groups excluding carboxylic acids is 2. The van der Waals surface area contributed by atoms with Gasteiger partial charge in [-0.3, -0.25) is 14.0 Å². The van der Waals surface area contributed by atoms with Crippen LogP contribution in [0.2, 0.25) is 0 Å². The molecule has 1 aliphatic rings. The summed E-state index contributed by atoms with van der Waals surface area (Å²) in [5.41, 5.74) is 4.03. The molecule has 1 aliphatic heterocycles. The second-order valence-corrected chi connectivity index (χ2v) is 7.10. The summed E-state index contributed by atoms with van der Waals surface area (Å²) in [6.07, 6.45) is 2.32. The van der Waals surface area contributed by atoms with Crippen molar-refractivity contribution in [3.63, 3.8) is 0 Å². The van der Waals surface area contributed by atoms with Gasteiger partial charge in [-0.05, 0) is 43.7 Å². The molecule has 1 aromatic carbocycles. The van der Waals surface area contributed by atoms with Crippen molar-refractivity contribution in [2.75, 3.05) is 18.0 Å². The average molecular weight is 362 g/mol. The van der Waals surface area contributed by atoms with Gasteiger partial charge in [-0.25, -0.2) is 4.98 Å². The van der Waals surface area contributed by atoms with Crippen LogP contribution in [0.3, 0.4) is 0 Å². The second-order valence-electron chi connectivity index (χ2n) is 7.10.